The summed E-state index contributed by atoms with van der Waals surface area (Å²) in [6.07, 6.45) is 1.01. The zero-order valence-corrected chi connectivity index (χ0v) is 11.0. The lowest BCUT2D eigenvalue weighted by Crippen LogP contribution is -2.11. The molecule has 0 saturated heterocycles. The summed E-state index contributed by atoms with van der Waals surface area (Å²) in [5, 5.41) is 9.22. The first-order chi connectivity index (χ1) is 7.56. The van der Waals surface area contributed by atoms with E-state index in [-0.39, 0.29) is 0 Å². The highest BCUT2D eigenvalue weighted by Crippen LogP contribution is 2.22. The molecule has 0 amide bonds. The zero-order chi connectivity index (χ0) is 12.1. The zero-order valence-electron chi connectivity index (χ0n) is 10.2. The van der Waals surface area contributed by atoms with Crippen molar-refractivity contribution in [3.8, 4) is 0 Å². The summed E-state index contributed by atoms with van der Waals surface area (Å²) < 4.78 is 2.10. The molecule has 0 saturated carbocycles. The molecular formula is C11H20N4S. The molecule has 0 unspecified atom stereocenters. The molecule has 0 aromatic carbocycles. The number of nitrogens with two attached hydrogens (primary N) is 1. The van der Waals surface area contributed by atoms with Crippen molar-refractivity contribution in [1.82, 2.24) is 14.8 Å². The maximum absolute atomic E-state index is 5.63. The highest BCUT2D eigenvalue weighted by atomic mass is 32.2. The largest absolute Gasteiger partial charge is 0.324 e. The second kappa shape index (κ2) is 6.06. The van der Waals surface area contributed by atoms with E-state index in [1.165, 1.54) is 5.57 Å². The van der Waals surface area contributed by atoms with Gasteiger partial charge >= 0.3 is 0 Å². The molecule has 1 aromatic heterocycles. The number of aromatic nitrogens is 3. The van der Waals surface area contributed by atoms with Crippen LogP contribution in [-0.2, 0) is 6.54 Å². The van der Waals surface area contributed by atoms with Crippen molar-refractivity contribution in [2.24, 2.45) is 5.73 Å². The second-order valence-corrected chi connectivity index (χ2v) is 5.18. The third kappa shape index (κ3) is 3.35. The van der Waals surface area contributed by atoms with Crippen LogP contribution in [-0.4, -0.2) is 20.5 Å². The molecule has 0 aliphatic carbocycles. The van der Waals surface area contributed by atoms with Gasteiger partial charge in [0.2, 0.25) is 0 Å². The lowest BCUT2D eigenvalue weighted by atomic mass is 10.3. The average molecular weight is 240 g/mol. The minimum Gasteiger partial charge on any atom is -0.324 e. The summed E-state index contributed by atoms with van der Waals surface area (Å²) in [5.74, 6) is 1.85. The van der Waals surface area contributed by atoms with Gasteiger partial charge in [-0.2, -0.15) is 0 Å². The molecule has 0 aliphatic heterocycles. The van der Waals surface area contributed by atoms with Crippen LogP contribution in [0, 0.1) is 0 Å². The fraction of sp³-hybridized carbons (Fsp3) is 0.636. The maximum Gasteiger partial charge on any atom is 0.191 e. The van der Waals surface area contributed by atoms with Crippen LogP contribution >= 0.6 is 11.8 Å². The van der Waals surface area contributed by atoms with Gasteiger partial charge in [-0.15, -0.1) is 16.8 Å². The number of rotatable bonds is 6. The third-order valence-corrected chi connectivity index (χ3v) is 3.14. The molecule has 0 spiro atoms. The Hall–Kier alpha value is -0.810. The van der Waals surface area contributed by atoms with Crippen molar-refractivity contribution in [1.29, 1.82) is 0 Å². The lowest BCUT2D eigenvalue weighted by molar-refractivity contribution is 0.526. The third-order valence-electron chi connectivity index (χ3n) is 2.19. The number of allylic oxidation sites excluding steroid dienone is 1. The normalized spacial score (nSPS) is 11.1. The summed E-state index contributed by atoms with van der Waals surface area (Å²) in [6.45, 7) is 10.6. The molecular weight excluding hydrogens is 220 g/mol. The van der Waals surface area contributed by atoms with Crippen LogP contribution in [0.25, 0.3) is 0 Å². The van der Waals surface area contributed by atoms with Crippen LogP contribution in [0.5, 0.6) is 0 Å². The highest BCUT2D eigenvalue weighted by Gasteiger charge is 2.13. The Morgan fingerprint density at radius 3 is 2.69 bits per heavy atom. The summed E-state index contributed by atoms with van der Waals surface area (Å²) in [7, 11) is 0. The Kier molecular flexibility index (Phi) is 5.02. The molecule has 2 N–H and O–H groups in total. The Bertz CT molecular complexity index is 357. The highest BCUT2D eigenvalue weighted by molar-refractivity contribution is 7.99. The van der Waals surface area contributed by atoms with Crippen LogP contribution in [0.15, 0.2) is 17.3 Å². The average Bonchev–Trinajstić information content (AvgIpc) is 2.60. The molecule has 1 rings (SSSR count). The smallest absolute Gasteiger partial charge is 0.191 e. The number of nitrogens with zero attached hydrogens (tertiary/aromatic N) is 3. The minimum absolute atomic E-state index is 0.348. The van der Waals surface area contributed by atoms with Gasteiger partial charge in [-0.3, -0.25) is 0 Å². The summed E-state index contributed by atoms with van der Waals surface area (Å²) in [6, 6.07) is 0.348. The molecule has 16 heavy (non-hydrogen) atoms. The monoisotopic (exact) mass is 240 g/mol. The van der Waals surface area contributed by atoms with Crippen LogP contribution in [0.3, 0.4) is 0 Å². The van der Waals surface area contributed by atoms with E-state index in [9.17, 15) is 0 Å². The molecule has 0 bridgehead atoms. The Morgan fingerprint density at radius 2 is 2.19 bits per heavy atom. The fourth-order valence-electron chi connectivity index (χ4n) is 1.38. The molecule has 1 heterocycles. The first-order valence-electron chi connectivity index (χ1n) is 5.47. The maximum atomic E-state index is 5.63. The van der Waals surface area contributed by atoms with Gasteiger partial charge in [0.1, 0.15) is 5.82 Å². The van der Waals surface area contributed by atoms with E-state index in [1.807, 2.05) is 6.92 Å². The standard InChI is InChI=1S/C11H20N4S/c1-8(2)5-6-16-11-14-13-10(7-12)15(11)9(3)4/h9H,1,5-7,12H2,2-4H3. The van der Waals surface area contributed by atoms with E-state index in [0.717, 1.165) is 23.2 Å². The van der Waals surface area contributed by atoms with Crippen molar-refractivity contribution >= 4 is 11.8 Å². The van der Waals surface area contributed by atoms with E-state index in [1.54, 1.807) is 11.8 Å². The van der Waals surface area contributed by atoms with E-state index < -0.39 is 0 Å². The van der Waals surface area contributed by atoms with Gasteiger partial charge in [0.15, 0.2) is 5.16 Å². The van der Waals surface area contributed by atoms with Crippen LogP contribution in [0.2, 0.25) is 0 Å². The van der Waals surface area contributed by atoms with Gasteiger partial charge < -0.3 is 10.3 Å². The molecule has 1 aromatic rings. The molecule has 5 heteroatoms. The van der Waals surface area contributed by atoms with E-state index in [2.05, 4.69) is 35.2 Å². The molecule has 90 valence electrons. The van der Waals surface area contributed by atoms with Crippen molar-refractivity contribution < 1.29 is 0 Å². The van der Waals surface area contributed by atoms with E-state index in [4.69, 9.17) is 5.73 Å². The van der Waals surface area contributed by atoms with Crippen LogP contribution in [0.4, 0.5) is 0 Å². The summed E-state index contributed by atoms with van der Waals surface area (Å²) >= 11 is 1.71. The van der Waals surface area contributed by atoms with Gasteiger partial charge in [0.25, 0.3) is 0 Å². The van der Waals surface area contributed by atoms with Gasteiger partial charge in [0.05, 0.1) is 6.54 Å². The Morgan fingerprint density at radius 1 is 1.50 bits per heavy atom. The molecule has 4 nitrogen and oxygen atoms in total. The van der Waals surface area contributed by atoms with Gasteiger partial charge in [-0.1, -0.05) is 17.3 Å². The fourth-order valence-corrected chi connectivity index (χ4v) is 2.57. The summed E-state index contributed by atoms with van der Waals surface area (Å²) in [4.78, 5) is 0. The van der Waals surface area contributed by atoms with Crippen molar-refractivity contribution in [2.45, 2.75) is 44.9 Å². The minimum atomic E-state index is 0.348. The number of hydrogen-bond donors (Lipinski definition) is 1. The SMILES string of the molecule is C=C(C)CCSc1nnc(CN)n1C(C)C. The molecule has 0 atom stereocenters. The lowest BCUT2D eigenvalue weighted by Gasteiger charge is -2.12. The second-order valence-electron chi connectivity index (χ2n) is 4.12. The van der Waals surface area contributed by atoms with Crippen molar-refractivity contribution in [3.63, 3.8) is 0 Å². The summed E-state index contributed by atoms with van der Waals surface area (Å²) in [5.41, 5.74) is 6.83. The predicted molar refractivity (Wildman–Crippen MR) is 68.5 cm³/mol. The van der Waals surface area contributed by atoms with E-state index >= 15 is 0 Å². The first-order valence-corrected chi connectivity index (χ1v) is 6.45. The van der Waals surface area contributed by atoms with Crippen molar-refractivity contribution in [3.05, 3.63) is 18.0 Å². The molecule has 0 radical (unpaired) electrons. The quantitative estimate of drug-likeness (QED) is 0.612. The first kappa shape index (κ1) is 13.3. The topological polar surface area (TPSA) is 56.7 Å². The molecule has 0 fully saturated rings. The van der Waals surface area contributed by atoms with Crippen molar-refractivity contribution in [2.75, 3.05) is 5.75 Å². The number of hydrogen-bond acceptors (Lipinski definition) is 4. The Balaban J connectivity index is 2.72. The number of thioether (sulfide) groups is 1. The molecule has 0 aliphatic rings. The predicted octanol–water partition coefficient (Wildman–Crippen LogP) is 2.38. The van der Waals surface area contributed by atoms with Crippen LogP contribution in [0.1, 0.15) is 39.1 Å². The van der Waals surface area contributed by atoms with Gasteiger partial charge in [-0.25, -0.2) is 0 Å². The van der Waals surface area contributed by atoms with Crippen LogP contribution < -0.4 is 5.73 Å². The van der Waals surface area contributed by atoms with E-state index in [0.29, 0.717) is 12.6 Å². The Labute approximate surface area is 101 Å². The van der Waals surface area contributed by atoms with Gasteiger partial charge in [-0.05, 0) is 27.2 Å². The van der Waals surface area contributed by atoms with Gasteiger partial charge in [0, 0.05) is 11.8 Å².